The van der Waals surface area contributed by atoms with Crippen LogP contribution in [0.3, 0.4) is 0 Å². The van der Waals surface area contributed by atoms with E-state index >= 15 is 0 Å². The molecule has 0 aromatic carbocycles. The van der Waals surface area contributed by atoms with Gasteiger partial charge in [0.1, 0.15) is 0 Å². The average Bonchev–Trinajstić information content (AvgIpc) is 2.08. The third-order valence-corrected chi connectivity index (χ3v) is 2.09. The van der Waals surface area contributed by atoms with E-state index < -0.39 is 0 Å². The van der Waals surface area contributed by atoms with E-state index in [1.807, 2.05) is 42.5 Å². The first-order valence-corrected chi connectivity index (χ1v) is 4.32. The number of hydrogen-bond acceptors (Lipinski definition) is 1. The highest BCUT2D eigenvalue weighted by molar-refractivity contribution is 5.95. The monoisotopic (exact) mass is 170 g/mol. The Morgan fingerprint density at radius 1 is 0.923 bits per heavy atom. The normalized spacial score (nSPS) is 33.1. The predicted molar refractivity (Wildman–Crippen MR) is 53.2 cm³/mol. The maximum Gasteiger partial charge on any atom is 0.160 e. The molecule has 0 saturated heterocycles. The molecule has 0 aliphatic heterocycles. The van der Waals surface area contributed by atoms with Crippen molar-refractivity contribution < 1.29 is 4.79 Å². The average molecular weight is 170 g/mol. The zero-order chi connectivity index (χ0) is 9.10. The van der Waals surface area contributed by atoms with Gasteiger partial charge in [0, 0.05) is 6.42 Å². The minimum atomic E-state index is 0.182. The molecule has 0 fully saturated rings. The van der Waals surface area contributed by atoms with Crippen molar-refractivity contribution in [2.75, 3.05) is 0 Å². The van der Waals surface area contributed by atoms with E-state index in [1.165, 1.54) is 0 Å². The van der Waals surface area contributed by atoms with Gasteiger partial charge in [-0.15, -0.1) is 0 Å². The molecule has 0 N–H and O–H groups in total. The van der Waals surface area contributed by atoms with Crippen LogP contribution < -0.4 is 0 Å². The second kappa shape index (κ2) is 3.40. The van der Waals surface area contributed by atoms with Crippen LogP contribution in [0.5, 0.6) is 0 Å². The lowest BCUT2D eigenvalue weighted by atomic mass is 9.93. The van der Waals surface area contributed by atoms with Crippen molar-refractivity contribution in [3.8, 4) is 0 Å². The summed E-state index contributed by atoms with van der Waals surface area (Å²) in [4.78, 5) is 11.1. The van der Waals surface area contributed by atoms with Crippen LogP contribution in [0.4, 0.5) is 0 Å². The van der Waals surface area contributed by atoms with Crippen LogP contribution in [0.1, 0.15) is 6.42 Å². The maximum absolute atomic E-state index is 11.1. The third-order valence-electron chi connectivity index (χ3n) is 2.09. The smallest absolute Gasteiger partial charge is 0.160 e. The number of carbonyl (C=O) groups is 1. The second-order valence-electron chi connectivity index (χ2n) is 3.06. The van der Waals surface area contributed by atoms with E-state index in [-0.39, 0.29) is 5.78 Å². The van der Waals surface area contributed by atoms with Crippen molar-refractivity contribution in [3.05, 3.63) is 59.8 Å². The number of ketones is 1. The van der Waals surface area contributed by atoms with Gasteiger partial charge < -0.3 is 0 Å². The Bertz CT molecular complexity index is 376. The lowest BCUT2D eigenvalue weighted by Gasteiger charge is -2.11. The Labute approximate surface area is 77.5 Å². The molecule has 0 aromatic rings. The molecule has 0 bridgehead atoms. The van der Waals surface area contributed by atoms with E-state index in [9.17, 15) is 4.79 Å². The van der Waals surface area contributed by atoms with Crippen LogP contribution >= 0.6 is 0 Å². The first kappa shape index (κ1) is 7.99. The van der Waals surface area contributed by atoms with Gasteiger partial charge in [-0.05, 0) is 17.2 Å². The molecule has 0 atom stereocenters. The predicted octanol–water partition coefficient (Wildman–Crippen LogP) is 2.49. The van der Waals surface area contributed by atoms with Gasteiger partial charge in [-0.2, -0.15) is 0 Å². The van der Waals surface area contributed by atoms with Crippen molar-refractivity contribution in [1.82, 2.24) is 0 Å². The van der Waals surface area contributed by atoms with Crippen molar-refractivity contribution in [2.45, 2.75) is 6.42 Å². The van der Waals surface area contributed by atoms with Crippen LogP contribution in [0.15, 0.2) is 59.8 Å². The van der Waals surface area contributed by atoms with E-state index in [4.69, 9.17) is 0 Å². The molecule has 64 valence electrons. The number of carbonyl (C=O) groups excluding carboxylic acids is 1. The molecular weight excluding hydrogens is 160 g/mol. The molecule has 2 aliphatic carbocycles. The highest BCUT2D eigenvalue weighted by Crippen LogP contribution is 2.22. The van der Waals surface area contributed by atoms with Crippen LogP contribution in [-0.4, -0.2) is 5.78 Å². The molecule has 1 nitrogen and oxygen atoms in total. The van der Waals surface area contributed by atoms with Crippen molar-refractivity contribution in [1.29, 1.82) is 0 Å². The first-order valence-electron chi connectivity index (χ1n) is 4.32. The Hall–Kier alpha value is -1.63. The van der Waals surface area contributed by atoms with Crippen LogP contribution in [-0.2, 0) is 4.79 Å². The van der Waals surface area contributed by atoms with E-state index in [2.05, 4.69) is 0 Å². The van der Waals surface area contributed by atoms with E-state index in [0.29, 0.717) is 6.42 Å². The SMILES string of the molecule is O=C1C=CC2=C/C=C\C=C/C=C\2C1. The summed E-state index contributed by atoms with van der Waals surface area (Å²) in [7, 11) is 0. The van der Waals surface area contributed by atoms with E-state index in [0.717, 1.165) is 11.1 Å². The van der Waals surface area contributed by atoms with Crippen molar-refractivity contribution in [3.63, 3.8) is 0 Å². The van der Waals surface area contributed by atoms with Gasteiger partial charge in [-0.3, -0.25) is 4.79 Å². The Kier molecular flexibility index (Phi) is 2.09. The molecule has 0 spiro atoms. The molecule has 0 radical (unpaired) electrons. The topological polar surface area (TPSA) is 17.1 Å². The number of fused-ring (bicyclic) bond motifs is 1. The summed E-state index contributed by atoms with van der Waals surface area (Å²) in [6.07, 6.45) is 16.0. The summed E-state index contributed by atoms with van der Waals surface area (Å²) < 4.78 is 0. The lowest BCUT2D eigenvalue weighted by Crippen LogP contribution is -2.03. The summed E-state index contributed by atoms with van der Waals surface area (Å²) >= 11 is 0. The largest absolute Gasteiger partial charge is 0.294 e. The molecule has 0 amide bonds. The molecule has 2 aliphatic rings. The van der Waals surface area contributed by atoms with Crippen LogP contribution in [0.25, 0.3) is 0 Å². The van der Waals surface area contributed by atoms with Gasteiger partial charge in [0.15, 0.2) is 5.78 Å². The summed E-state index contributed by atoms with van der Waals surface area (Å²) in [6, 6.07) is 0. The molecule has 0 saturated carbocycles. The molecule has 0 unspecified atom stereocenters. The number of allylic oxidation sites excluding steroid dienone is 10. The van der Waals surface area contributed by atoms with Crippen molar-refractivity contribution in [2.24, 2.45) is 0 Å². The minimum absolute atomic E-state index is 0.182. The van der Waals surface area contributed by atoms with Gasteiger partial charge in [0.25, 0.3) is 0 Å². The fourth-order valence-corrected chi connectivity index (χ4v) is 1.42. The highest BCUT2D eigenvalue weighted by atomic mass is 16.1. The molecule has 2 rings (SSSR count). The number of hydrogen-bond donors (Lipinski definition) is 0. The Morgan fingerprint density at radius 2 is 1.69 bits per heavy atom. The van der Waals surface area contributed by atoms with Gasteiger partial charge in [-0.25, -0.2) is 0 Å². The quantitative estimate of drug-likeness (QED) is 0.546. The fourth-order valence-electron chi connectivity index (χ4n) is 1.42. The molecule has 0 heterocycles. The Balaban J connectivity index is 2.43. The summed E-state index contributed by atoms with van der Waals surface area (Å²) in [6.45, 7) is 0. The zero-order valence-electron chi connectivity index (χ0n) is 7.23. The third kappa shape index (κ3) is 1.75. The van der Waals surface area contributed by atoms with Crippen molar-refractivity contribution >= 4 is 5.78 Å². The second-order valence-corrected chi connectivity index (χ2v) is 3.06. The zero-order valence-corrected chi connectivity index (χ0v) is 7.23. The fraction of sp³-hybridized carbons (Fsp3) is 0.0833. The van der Waals surface area contributed by atoms with Gasteiger partial charge in [0.05, 0.1) is 0 Å². The minimum Gasteiger partial charge on any atom is -0.294 e. The maximum atomic E-state index is 11.1. The summed E-state index contributed by atoms with van der Waals surface area (Å²) in [5, 5.41) is 0. The summed E-state index contributed by atoms with van der Waals surface area (Å²) in [5.41, 5.74) is 2.24. The first-order chi connectivity index (χ1) is 6.36. The molecule has 0 aromatic heterocycles. The standard InChI is InChI=1S/C12H10O/c13-12-8-7-10-5-3-1-2-4-6-11(10)9-12/h1-8H,9H2/b2-1?,3-1-,4-2-,5-3?,6-4?,10-5-,11-6-. The van der Waals surface area contributed by atoms with Gasteiger partial charge in [0.2, 0.25) is 0 Å². The number of rotatable bonds is 0. The van der Waals surface area contributed by atoms with Gasteiger partial charge >= 0.3 is 0 Å². The lowest BCUT2D eigenvalue weighted by molar-refractivity contribution is -0.114. The van der Waals surface area contributed by atoms with Gasteiger partial charge in [-0.1, -0.05) is 42.5 Å². The van der Waals surface area contributed by atoms with Crippen LogP contribution in [0, 0.1) is 0 Å². The Morgan fingerprint density at radius 3 is 2.54 bits per heavy atom. The molecule has 13 heavy (non-hydrogen) atoms. The highest BCUT2D eigenvalue weighted by Gasteiger charge is 2.11. The van der Waals surface area contributed by atoms with E-state index in [1.54, 1.807) is 6.08 Å². The molecule has 1 heteroatoms. The van der Waals surface area contributed by atoms with Crippen LogP contribution in [0.2, 0.25) is 0 Å². The summed E-state index contributed by atoms with van der Waals surface area (Å²) in [5.74, 6) is 0.182. The molecular formula is C12H10O.